The quantitative estimate of drug-likeness (QED) is 0.862. The van der Waals surface area contributed by atoms with Crippen LogP contribution in [0.25, 0.3) is 0 Å². The van der Waals surface area contributed by atoms with Gasteiger partial charge in [0.2, 0.25) is 5.88 Å². The molecule has 2 rings (SSSR count). The molecule has 18 heavy (non-hydrogen) atoms. The van der Waals surface area contributed by atoms with Crippen molar-refractivity contribution in [3.8, 4) is 5.88 Å². The summed E-state index contributed by atoms with van der Waals surface area (Å²) in [6.45, 7) is 5.43. The van der Waals surface area contributed by atoms with Gasteiger partial charge in [-0.25, -0.2) is 4.98 Å². The maximum absolute atomic E-state index is 5.11. The van der Waals surface area contributed by atoms with E-state index < -0.39 is 0 Å². The normalized spacial score (nSPS) is 24.4. The van der Waals surface area contributed by atoms with Crippen LogP contribution in [0.1, 0.15) is 24.9 Å². The van der Waals surface area contributed by atoms with E-state index in [9.17, 15) is 0 Å². The number of hydrogen-bond donors (Lipinski definition) is 1. The fourth-order valence-electron chi connectivity index (χ4n) is 2.78. The summed E-state index contributed by atoms with van der Waals surface area (Å²) in [5, 5.41) is 3.46. The zero-order valence-electron chi connectivity index (χ0n) is 11.5. The molecule has 4 nitrogen and oxygen atoms in total. The molecule has 2 atom stereocenters. The molecule has 1 aromatic rings. The van der Waals surface area contributed by atoms with E-state index in [2.05, 4.69) is 35.2 Å². The highest BCUT2D eigenvalue weighted by atomic mass is 16.5. The summed E-state index contributed by atoms with van der Waals surface area (Å²) in [5.41, 5.74) is 1.29. The van der Waals surface area contributed by atoms with Gasteiger partial charge in [0.1, 0.15) is 0 Å². The van der Waals surface area contributed by atoms with Crippen LogP contribution in [-0.4, -0.2) is 43.7 Å². The Bertz CT molecular complexity index is 366. The van der Waals surface area contributed by atoms with Crippen molar-refractivity contribution < 1.29 is 4.74 Å². The van der Waals surface area contributed by atoms with Crippen molar-refractivity contribution in [2.75, 3.05) is 33.8 Å². The first kappa shape index (κ1) is 13.3. The topological polar surface area (TPSA) is 37.4 Å². The molecule has 0 bridgehead atoms. The molecule has 1 fully saturated rings. The predicted octanol–water partition coefficient (Wildman–Crippen LogP) is 1.69. The predicted molar refractivity (Wildman–Crippen MR) is 72.8 cm³/mol. The third-order valence-electron chi connectivity index (χ3n) is 3.74. The Morgan fingerprint density at radius 3 is 2.94 bits per heavy atom. The summed E-state index contributed by atoms with van der Waals surface area (Å²) in [7, 11) is 3.85. The number of rotatable bonds is 5. The molecule has 0 aromatic carbocycles. The van der Waals surface area contributed by atoms with E-state index >= 15 is 0 Å². The van der Waals surface area contributed by atoms with Gasteiger partial charge in [-0.3, -0.25) is 4.90 Å². The molecule has 1 N–H and O–H groups in total. The Balaban J connectivity index is 2.11. The molecule has 2 unspecified atom stereocenters. The number of methoxy groups -OCH3 is 1. The van der Waals surface area contributed by atoms with Crippen LogP contribution in [-0.2, 0) is 0 Å². The highest BCUT2D eigenvalue weighted by Gasteiger charge is 2.32. The molecular weight excluding hydrogens is 226 g/mol. The summed E-state index contributed by atoms with van der Waals surface area (Å²) >= 11 is 0. The van der Waals surface area contributed by atoms with Crippen LogP contribution in [0.4, 0.5) is 0 Å². The Labute approximate surface area is 109 Å². The summed E-state index contributed by atoms with van der Waals surface area (Å²) in [5.74, 6) is 1.35. The Morgan fingerprint density at radius 2 is 2.33 bits per heavy atom. The number of ether oxygens (including phenoxy) is 1. The van der Waals surface area contributed by atoms with Crippen LogP contribution in [0.3, 0.4) is 0 Å². The maximum Gasteiger partial charge on any atom is 0.212 e. The van der Waals surface area contributed by atoms with E-state index in [0.29, 0.717) is 17.8 Å². The second-order valence-electron chi connectivity index (χ2n) is 4.92. The smallest absolute Gasteiger partial charge is 0.212 e. The van der Waals surface area contributed by atoms with Crippen molar-refractivity contribution in [1.29, 1.82) is 0 Å². The number of likely N-dealkylation sites (tertiary alicyclic amines) is 1. The van der Waals surface area contributed by atoms with Crippen LogP contribution in [0.5, 0.6) is 5.88 Å². The standard InChI is InChI=1S/C14H23N3O/c1-4-15-9-12-7-8-17(2)14(12)11-5-6-13(18-3)16-10-11/h5-6,10,12,14-15H,4,7-9H2,1-3H3. The lowest BCUT2D eigenvalue weighted by molar-refractivity contribution is 0.272. The lowest BCUT2D eigenvalue weighted by atomic mass is 9.95. The third-order valence-corrected chi connectivity index (χ3v) is 3.74. The summed E-state index contributed by atoms with van der Waals surface area (Å²) in [6.07, 6.45) is 3.20. The number of hydrogen-bond acceptors (Lipinski definition) is 4. The number of nitrogens with zero attached hydrogens (tertiary/aromatic N) is 2. The minimum atomic E-state index is 0.474. The van der Waals surface area contributed by atoms with Crippen LogP contribution >= 0.6 is 0 Å². The molecule has 0 aliphatic carbocycles. The van der Waals surface area contributed by atoms with Gasteiger partial charge in [-0.15, -0.1) is 0 Å². The zero-order chi connectivity index (χ0) is 13.0. The first-order chi connectivity index (χ1) is 8.76. The first-order valence-electron chi connectivity index (χ1n) is 6.67. The molecule has 0 radical (unpaired) electrons. The lowest BCUT2D eigenvalue weighted by Gasteiger charge is -2.25. The Hall–Kier alpha value is -1.13. The summed E-state index contributed by atoms with van der Waals surface area (Å²) in [6, 6.07) is 4.56. The van der Waals surface area contributed by atoms with Crippen molar-refractivity contribution in [1.82, 2.24) is 15.2 Å². The van der Waals surface area contributed by atoms with E-state index in [0.717, 1.165) is 19.6 Å². The molecule has 4 heteroatoms. The van der Waals surface area contributed by atoms with Crippen molar-refractivity contribution in [3.05, 3.63) is 23.9 Å². The molecule has 0 saturated carbocycles. The fraction of sp³-hybridized carbons (Fsp3) is 0.643. The average Bonchev–Trinajstić information content (AvgIpc) is 2.77. The lowest BCUT2D eigenvalue weighted by Crippen LogP contribution is -2.28. The first-order valence-corrected chi connectivity index (χ1v) is 6.67. The third kappa shape index (κ3) is 2.82. The van der Waals surface area contributed by atoms with Gasteiger partial charge in [-0.2, -0.15) is 0 Å². The van der Waals surface area contributed by atoms with E-state index in [-0.39, 0.29) is 0 Å². The zero-order valence-corrected chi connectivity index (χ0v) is 11.5. The monoisotopic (exact) mass is 249 g/mol. The Kier molecular flexibility index (Phi) is 4.55. The minimum absolute atomic E-state index is 0.474. The SMILES string of the molecule is CCNCC1CCN(C)C1c1ccc(OC)nc1. The van der Waals surface area contributed by atoms with Crippen molar-refractivity contribution in [2.45, 2.75) is 19.4 Å². The molecule has 2 heterocycles. The van der Waals surface area contributed by atoms with Crippen LogP contribution in [0.15, 0.2) is 18.3 Å². The number of pyridine rings is 1. The summed E-state index contributed by atoms with van der Waals surface area (Å²) in [4.78, 5) is 6.74. The van der Waals surface area contributed by atoms with Gasteiger partial charge in [-0.1, -0.05) is 13.0 Å². The molecule has 1 aliphatic rings. The average molecular weight is 249 g/mol. The molecule has 1 aliphatic heterocycles. The molecule has 0 amide bonds. The van der Waals surface area contributed by atoms with E-state index in [1.807, 2.05) is 12.3 Å². The van der Waals surface area contributed by atoms with Crippen LogP contribution in [0, 0.1) is 5.92 Å². The van der Waals surface area contributed by atoms with Crippen molar-refractivity contribution >= 4 is 0 Å². The van der Waals surface area contributed by atoms with Crippen LogP contribution in [0.2, 0.25) is 0 Å². The summed E-state index contributed by atoms with van der Waals surface area (Å²) < 4.78 is 5.11. The van der Waals surface area contributed by atoms with Gasteiger partial charge in [0.05, 0.1) is 7.11 Å². The van der Waals surface area contributed by atoms with E-state index in [4.69, 9.17) is 4.74 Å². The molecule has 100 valence electrons. The van der Waals surface area contributed by atoms with Gasteiger partial charge >= 0.3 is 0 Å². The highest BCUT2D eigenvalue weighted by molar-refractivity contribution is 5.22. The van der Waals surface area contributed by atoms with Gasteiger partial charge in [0, 0.05) is 18.3 Å². The van der Waals surface area contributed by atoms with Crippen LogP contribution < -0.4 is 10.1 Å². The minimum Gasteiger partial charge on any atom is -0.481 e. The van der Waals surface area contributed by atoms with Gasteiger partial charge in [0.15, 0.2) is 0 Å². The van der Waals surface area contributed by atoms with Crippen molar-refractivity contribution in [3.63, 3.8) is 0 Å². The van der Waals surface area contributed by atoms with E-state index in [1.54, 1.807) is 7.11 Å². The molecule has 1 aromatic heterocycles. The second-order valence-corrected chi connectivity index (χ2v) is 4.92. The van der Waals surface area contributed by atoms with Gasteiger partial charge in [0.25, 0.3) is 0 Å². The second kappa shape index (κ2) is 6.16. The highest BCUT2D eigenvalue weighted by Crippen LogP contribution is 2.35. The Morgan fingerprint density at radius 1 is 1.50 bits per heavy atom. The van der Waals surface area contributed by atoms with Gasteiger partial charge in [-0.05, 0) is 44.6 Å². The number of nitrogens with one attached hydrogen (secondary N) is 1. The van der Waals surface area contributed by atoms with E-state index in [1.165, 1.54) is 12.0 Å². The fourth-order valence-corrected chi connectivity index (χ4v) is 2.78. The molecule has 0 spiro atoms. The maximum atomic E-state index is 5.11. The molecular formula is C14H23N3O. The van der Waals surface area contributed by atoms with Crippen molar-refractivity contribution in [2.24, 2.45) is 5.92 Å². The largest absolute Gasteiger partial charge is 0.481 e. The molecule has 1 saturated heterocycles. The van der Waals surface area contributed by atoms with Gasteiger partial charge < -0.3 is 10.1 Å². The number of aromatic nitrogens is 1.